The van der Waals surface area contributed by atoms with Gasteiger partial charge in [-0.25, -0.2) is 0 Å². The van der Waals surface area contributed by atoms with E-state index >= 15 is 0 Å². The van der Waals surface area contributed by atoms with Crippen LogP contribution in [0, 0.1) is 5.41 Å². The first-order chi connectivity index (χ1) is 8.78. The predicted octanol–water partition coefficient (Wildman–Crippen LogP) is 2.27. The summed E-state index contributed by atoms with van der Waals surface area (Å²) >= 11 is 0. The lowest BCUT2D eigenvalue weighted by molar-refractivity contribution is 0.140. The predicted molar refractivity (Wildman–Crippen MR) is 75.9 cm³/mol. The van der Waals surface area contributed by atoms with Gasteiger partial charge in [0.15, 0.2) is 0 Å². The van der Waals surface area contributed by atoms with Crippen LogP contribution in [-0.2, 0) is 4.74 Å². The summed E-state index contributed by atoms with van der Waals surface area (Å²) in [5.74, 6) is 0. The molecule has 0 spiro atoms. The quantitative estimate of drug-likeness (QED) is 0.787. The van der Waals surface area contributed by atoms with Crippen molar-refractivity contribution >= 4 is 0 Å². The number of hydrogen-bond acceptors (Lipinski definition) is 3. The SMILES string of the molecule is CCC1CCN(CC2(CCOC)CC2)CCCN1. The summed E-state index contributed by atoms with van der Waals surface area (Å²) in [6.45, 7) is 8.29. The van der Waals surface area contributed by atoms with Crippen LogP contribution in [0.1, 0.15) is 45.4 Å². The summed E-state index contributed by atoms with van der Waals surface area (Å²) in [5, 5.41) is 3.66. The van der Waals surface area contributed by atoms with Gasteiger partial charge in [0.1, 0.15) is 0 Å². The van der Waals surface area contributed by atoms with E-state index in [0.717, 1.165) is 12.6 Å². The molecule has 0 aromatic rings. The van der Waals surface area contributed by atoms with E-state index in [1.165, 1.54) is 64.7 Å². The Bertz CT molecular complexity index is 241. The Morgan fingerprint density at radius 1 is 1.33 bits per heavy atom. The van der Waals surface area contributed by atoms with Crippen molar-refractivity contribution in [3.05, 3.63) is 0 Å². The molecule has 1 aliphatic heterocycles. The normalized spacial score (nSPS) is 28.7. The highest BCUT2D eigenvalue weighted by atomic mass is 16.5. The van der Waals surface area contributed by atoms with Gasteiger partial charge in [-0.3, -0.25) is 0 Å². The molecule has 1 heterocycles. The standard InChI is InChI=1S/C15H30N2O/c1-3-14-5-11-17(10-4-9-16-14)13-15(6-7-15)8-12-18-2/h14,16H,3-13H2,1-2H3. The molecule has 2 fully saturated rings. The van der Waals surface area contributed by atoms with E-state index in [1.54, 1.807) is 0 Å². The molecule has 2 aliphatic rings. The summed E-state index contributed by atoms with van der Waals surface area (Å²) in [4.78, 5) is 2.71. The largest absolute Gasteiger partial charge is 0.385 e. The third-order valence-electron chi connectivity index (χ3n) is 4.72. The molecule has 0 amide bonds. The number of nitrogens with one attached hydrogen (secondary N) is 1. The molecule has 1 atom stereocenters. The average Bonchev–Trinajstić information content (AvgIpc) is 3.11. The Hall–Kier alpha value is -0.120. The molecule has 0 radical (unpaired) electrons. The van der Waals surface area contributed by atoms with Gasteiger partial charge >= 0.3 is 0 Å². The highest BCUT2D eigenvalue weighted by molar-refractivity contribution is 4.95. The molecule has 1 saturated carbocycles. The zero-order valence-corrected chi connectivity index (χ0v) is 12.2. The molecule has 0 aromatic heterocycles. The number of ether oxygens (including phenoxy) is 1. The highest BCUT2D eigenvalue weighted by Crippen LogP contribution is 2.49. The fourth-order valence-corrected chi connectivity index (χ4v) is 3.12. The highest BCUT2D eigenvalue weighted by Gasteiger charge is 2.43. The molecule has 2 rings (SSSR count). The molecule has 0 aromatic carbocycles. The van der Waals surface area contributed by atoms with Crippen LogP contribution in [0.25, 0.3) is 0 Å². The minimum absolute atomic E-state index is 0.615. The summed E-state index contributed by atoms with van der Waals surface area (Å²) in [6, 6.07) is 0.738. The van der Waals surface area contributed by atoms with Gasteiger partial charge < -0.3 is 15.0 Å². The number of rotatable bonds is 6. The van der Waals surface area contributed by atoms with Crippen LogP contribution in [0.2, 0.25) is 0 Å². The van der Waals surface area contributed by atoms with Crippen molar-refractivity contribution in [2.45, 2.75) is 51.5 Å². The monoisotopic (exact) mass is 254 g/mol. The van der Waals surface area contributed by atoms with Crippen molar-refractivity contribution in [1.82, 2.24) is 10.2 Å². The molecule has 18 heavy (non-hydrogen) atoms. The number of nitrogens with zero attached hydrogens (tertiary/aromatic N) is 1. The second-order valence-electron chi connectivity index (χ2n) is 6.22. The second-order valence-corrected chi connectivity index (χ2v) is 6.22. The molecule has 1 unspecified atom stereocenters. The third-order valence-corrected chi connectivity index (χ3v) is 4.72. The summed E-state index contributed by atoms with van der Waals surface area (Å²) < 4.78 is 5.26. The first kappa shape index (κ1) is 14.3. The zero-order chi connectivity index (χ0) is 12.8. The second kappa shape index (κ2) is 6.88. The van der Waals surface area contributed by atoms with Crippen molar-refractivity contribution in [3.8, 4) is 0 Å². The van der Waals surface area contributed by atoms with E-state index in [4.69, 9.17) is 4.74 Å². The molecule has 1 saturated heterocycles. The first-order valence-corrected chi connectivity index (χ1v) is 7.73. The lowest BCUT2D eigenvalue weighted by Gasteiger charge is -2.31. The van der Waals surface area contributed by atoms with Gasteiger partial charge in [-0.2, -0.15) is 0 Å². The van der Waals surface area contributed by atoms with Crippen LogP contribution in [-0.4, -0.2) is 50.8 Å². The van der Waals surface area contributed by atoms with E-state index < -0.39 is 0 Å². The van der Waals surface area contributed by atoms with Gasteiger partial charge in [0.05, 0.1) is 0 Å². The van der Waals surface area contributed by atoms with E-state index in [2.05, 4.69) is 17.1 Å². The van der Waals surface area contributed by atoms with Gasteiger partial charge in [0, 0.05) is 26.3 Å². The molecule has 3 heteroatoms. The van der Waals surface area contributed by atoms with Crippen LogP contribution < -0.4 is 5.32 Å². The molecule has 3 nitrogen and oxygen atoms in total. The van der Waals surface area contributed by atoms with Crippen molar-refractivity contribution in [2.24, 2.45) is 5.41 Å². The maximum absolute atomic E-state index is 5.26. The first-order valence-electron chi connectivity index (χ1n) is 7.73. The smallest absolute Gasteiger partial charge is 0.0468 e. The maximum Gasteiger partial charge on any atom is 0.0468 e. The molecule has 1 aliphatic carbocycles. The zero-order valence-electron chi connectivity index (χ0n) is 12.2. The van der Waals surface area contributed by atoms with Crippen molar-refractivity contribution in [2.75, 3.05) is 39.9 Å². The Morgan fingerprint density at radius 3 is 2.83 bits per heavy atom. The molecule has 0 bridgehead atoms. The third kappa shape index (κ3) is 4.22. The summed E-state index contributed by atoms with van der Waals surface area (Å²) in [6.07, 6.45) is 7.98. The Kier molecular flexibility index (Phi) is 5.46. The van der Waals surface area contributed by atoms with Gasteiger partial charge in [-0.1, -0.05) is 6.92 Å². The van der Waals surface area contributed by atoms with Crippen molar-refractivity contribution < 1.29 is 4.74 Å². The minimum atomic E-state index is 0.615. The topological polar surface area (TPSA) is 24.5 Å². The van der Waals surface area contributed by atoms with Gasteiger partial charge in [0.25, 0.3) is 0 Å². The fraction of sp³-hybridized carbons (Fsp3) is 1.00. The van der Waals surface area contributed by atoms with Crippen molar-refractivity contribution in [1.29, 1.82) is 0 Å². The number of methoxy groups -OCH3 is 1. The van der Waals surface area contributed by atoms with Crippen molar-refractivity contribution in [3.63, 3.8) is 0 Å². The lowest BCUT2D eigenvalue weighted by Crippen LogP contribution is -2.41. The summed E-state index contributed by atoms with van der Waals surface area (Å²) in [5.41, 5.74) is 0.615. The minimum Gasteiger partial charge on any atom is -0.385 e. The van der Waals surface area contributed by atoms with Gasteiger partial charge in [-0.15, -0.1) is 0 Å². The van der Waals surface area contributed by atoms with Crippen LogP contribution >= 0.6 is 0 Å². The molecular weight excluding hydrogens is 224 g/mol. The molecule has 106 valence electrons. The molecule has 1 N–H and O–H groups in total. The maximum atomic E-state index is 5.26. The Morgan fingerprint density at radius 2 is 2.17 bits per heavy atom. The van der Waals surface area contributed by atoms with E-state index in [0.29, 0.717) is 5.41 Å². The molecular formula is C15H30N2O. The Balaban J connectivity index is 1.77. The van der Waals surface area contributed by atoms with Crippen LogP contribution in [0.15, 0.2) is 0 Å². The van der Waals surface area contributed by atoms with E-state index in [9.17, 15) is 0 Å². The van der Waals surface area contributed by atoms with Crippen LogP contribution in [0.4, 0.5) is 0 Å². The fourth-order valence-electron chi connectivity index (χ4n) is 3.12. The Labute approximate surface area is 112 Å². The summed E-state index contributed by atoms with van der Waals surface area (Å²) in [7, 11) is 1.82. The number of hydrogen-bond donors (Lipinski definition) is 1. The lowest BCUT2D eigenvalue weighted by atomic mass is 10.0. The van der Waals surface area contributed by atoms with Gasteiger partial charge in [0.2, 0.25) is 0 Å². The average molecular weight is 254 g/mol. The van der Waals surface area contributed by atoms with Gasteiger partial charge in [-0.05, 0) is 63.6 Å². The van der Waals surface area contributed by atoms with E-state index in [1.807, 2.05) is 7.11 Å². The van der Waals surface area contributed by atoms with E-state index in [-0.39, 0.29) is 0 Å². The van der Waals surface area contributed by atoms with Crippen LogP contribution in [0.3, 0.4) is 0 Å². The van der Waals surface area contributed by atoms with Crippen LogP contribution in [0.5, 0.6) is 0 Å².